The summed E-state index contributed by atoms with van der Waals surface area (Å²) >= 11 is 0. The van der Waals surface area contributed by atoms with Crippen LogP contribution < -0.4 is 5.32 Å². The Balaban J connectivity index is 2.47. The quantitative estimate of drug-likeness (QED) is 0.730. The Hall–Kier alpha value is -0.290. The van der Waals surface area contributed by atoms with Crippen molar-refractivity contribution in [3.05, 3.63) is 0 Å². The standard InChI is InChI=1S/C9H16F3NO/c1-7-8(14,3-2-6-13-7)4-5-9(10,11)12/h7,13-14H,2-6H2,1H3. The van der Waals surface area contributed by atoms with Crippen LogP contribution in [0, 0.1) is 0 Å². The van der Waals surface area contributed by atoms with Crippen LogP contribution in [0.25, 0.3) is 0 Å². The fourth-order valence-corrected chi connectivity index (χ4v) is 1.82. The average Bonchev–Trinajstić information content (AvgIpc) is 2.06. The van der Waals surface area contributed by atoms with E-state index in [1.165, 1.54) is 0 Å². The minimum Gasteiger partial charge on any atom is -0.388 e. The number of hydrogen-bond donors (Lipinski definition) is 2. The highest BCUT2D eigenvalue weighted by Gasteiger charge is 2.39. The van der Waals surface area contributed by atoms with Gasteiger partial charge in [0.05, 0.1) is 5.60 Å². The number of piperidine rings is 1. The molecule has 2 nitrogen and oxygen atoms in total. The zero-order chi connectivity index (χ0) is 10.8. The first-order valence-electron chi connectivity index (χ1n) is 4.86. The molecule has 0 aromatic rings. The Labute approximate surface area is 81.5 Å². The largest absolute Gasteiger partial charge is 0.389 e. The monoisotopic (exact) mass is 211 g/mol. The van der Waals surface area contributed by atoms with Crippen molar-refractivity contribution in [1.29, 1.82) is 0 Å². The SMILES string of the molecule is CC1NCCCC1(O)CCC(F)(F)F. The number of halogens is 3. The minimum atomic E-state index is -4.17. The van der Waals surface area contributed by atoms with Crippen LogP contribution in [0.1, 0.15) is 32.6 Å². The Kier molecular flexibility index (Phi) is 3.42. The Bertz CT molecular complexity index is 195. The van der Waals surface area contributed by atoms with Crippen LogP contribution in [-0.4, -0.2) is 29.5 Å². The summed E-state index contributed by atoms with van der Waals surface area (Å²) in [5.41, 5.74) is -1.19. The number of aliphatic hydroxyl groups is 1. The molecule has 1 aliphatic rings. The maximum atomic E-state index is 12.0. The molecule has 2 unspecified atom stereocenters. The molecule has 2 N–H and O–H groups in total. The summed E-state index contributed by atoms with van der Waals surface area (Å²) in [4.78, 5) is 0. The molecule has 1 aliphatic heterocycles. The van der Waals surface area contributed by atoms with Crippen molar-refractivity contribution >= 4 is 0 Å². The van der Waals surface area contributed by atoms with Crippen LogP contribution in [0.3, 0.4) is 0 Å². The van der Waals surface area contributed by atoms with Crippen molar-refractivity contribution in [2.75, 3.05) is 6.54 Å². The number of nitrogens with one attached hydrogen (secondary N) is 1. The molecule has 2 atom stereocenters. The van der Waals surface area contributed by atoms with Crippen LogP contribution >= 0.6 is 0 Å². The van der Waals surface area contributed by atoms with E-state index < -0.39 is 18.2 Å². The van der Waals surface area contributed by atoms with Gasteiger partial charge in [0.2, 0.25) is 0 Å². The molecule has 1 rings (SSSR count). The van der Waals surface area contributed by atoms with Gasteiger partial charge in [-0.2, -0.15) is 13.2 Å². The van der Waals surface area contributed by atoms with Crippen LogP contribution in [0.2, 0.25) is 0 Å². The van der Waals surface area contributed by atoms with Crippen LogP contribution in [0.5, 0.6) is 0 Å². The van der Waals surface area contributed by atoms with Crippen molar-refractivity contribution in [3.8, 4) is 0 Å². The van der Waals surface area contributed by atoms with Crippen molar-refractivity contribution in [2.45, 2.75) is 50.4 Å². The van der Waals surface area contributed by atoms with Gasteiger partial charge in [-0.1, -0.05) is 0 Å². The normalized spacial score (nSPS) is 34.5. The molecule has 84 valence electrons. The topological polar surface area (TPSA) is 32.3 Å². The lowest BCUT2D eigenvalue weighted by atomic mass is 9.83. The Morgan fingerprint density at radius 1 is 1.50 bits per heavy atom. The smallest absolute Gasteiger partial charge is 0.388 e. The molecular formula is C9H16F3NO. The summed E-state index contributed by atoms with van der Waals surface area (Å²) in [6.45, 7) is 2.50. The lowest BCUT2D eigenvalue weighted by Gasteiger charge is -2.39. The summed E-state index contributed by atoms with van der Waals surface area (Å²) in [5.74, 6) is 0. The molecule has 0 aliphatic carbocycles. The molecule has 1 fully saturated rings. The molecular weight excluding hydrogens is 195 g/mol. The third-order valence-corrected chi connectivity index (χ3v) is 2.88. The van der Waals surface area contributed by atoms with E-state index in [0.717, 1.165) is 13.0 Å². The summed E-state index contributed by atoms with van der Waals surface area (Å²) in [7, 11) is 0. The predicted molar refractivity (Wildman–Crippen MR) is 46.9 cm³/mol. The molecule has 0 spiro atoms. The van der Waals surface area contributed by atoms with Gasteiger partial charge in [-0.25, -0.2) is 0 Å². The van der Waals surface area contributed by atoms with E-state index in [4.69, 9.17) is 0 Å². The molecule has 0 aromatic carbocycles. The highest BCUT2D eigenvalue weighted by molar-refractivity contribution is 4.92. The fourth-order valence-electron chi connectivity index (χ4n) is 1.82. The molecule has 0 saturated carbocycles. The lowest BCUT2D eigenvalue weighted by molar-refractivity contribution is -0.151. The Morgan fingerprint density at radius 2 is 2.14 bits per heavy atom. The van der Waals surface area contributed by atoms with Gasteiger partial charge in [-0.15, -0.1) is 0 Å². The summed E-state index contributed by atoms with van der Waals surface area (Å²) < 4.78 is 35.9. The van der Waals surface area contributed by atoms with Gasteiger partial charge in [0.1, 0.15) is 0 Å². The third kappa shape index (κ3) is 3.13. The predicted octanol–water partition coefficient (Wildman–Crippen LogP) is 1.83. The molecule has 5 heteroatoms. The van der Waals surface area contributed by atoms with Gasteiger partial charge in [0, 0.05) is 12.5 Å². The second-order valence-electron chi connectivity index (χ2n) is 4.00. The minimum absolute atomic E-state index is 0.204. The zero-order valence-electron chi connectivity index (χ0n) is 8.19. The van der Waals surface area contributed by atoms with Gasteiger partial charge in [-0.3, -0.25) is 0 Å². The number of hydrogen-bond acceptors (Lipinski definition) is 2. The third-order valence-electron chi connectivity index (χ3n) is 2.88. The molecule has 0 radical (unpaired) electrons. The number of rotatable bonds is 2. The second kappa shape index (κ2) is 4.06. The molecule has 1 heterocycles. The van der Waals surface area contributed by atoms with Crippen LogP contribution in [0.15, 0.2) is 0 Å². The van der Waals surface area contributed by atoms with Gasteiger partial charge in [0.15, 0.2) is 0 Å². The molecule has 0 bridgehead atoms. The first-order valence-corrected chi connectivity index (χ1v) is 4.86. The maximum absolute atomic E-state index is 12.0. The first kappa shape index (κ1) is 11.8. The summed E-state index contributed by atoms with van der Waals surface area (Å²) in [6.07, 6.45) is -4.09. The average molecular weight is 211 g/mol. The van der Waals surface area contributed by atoms with Crippen molar-refractivity contribution in [1.82, 2.24) is 5.32 Å². The van der Waals surface area contributed by atoms with Gasteiger partial charge < -0.3 is 10.4 Å². The van der Waals surface area contributed by atoms with Crippen molar-refractivity contribution < 1.29 is 18.3 Å². The molecule has 1 saturated heterocycles. The summed E-state index contributed by atoms with van der Waals surface area (Å²) in [6, 6.07) is -0.251. The molecule has 14 heavy (non-hydrogen) atoms. The van der Waals surface area contributed by atoms with Crippen molar-refractivity contribution in [2.24, 2.45) is 0 Å². The van der Waals surface area contributed by atoms with Gasteiger partial charge in [0.25, 0.3) is 0 Å². The van der Waals surface area contributed by atoms with E-state index in [1.807, 2.05) is 0 Å². The fraction of sp³-hybridized carbons (Fsp3) is 1.00. The zero-order valence-corrected chi connectivity index (χ0v) is 8.19. The molecule has 0 aromatic heterocycles. The van der Waals surface area contributed by atoms with Crippen molar-refractivity contribution in [3.63, 3.8) is 0 Å². The van der Waals surface area contributed by atoms with E-state index in [1.54, 1.807) is 6.92 Å². The number of alkyl halides is 3. The van der Waals surface area contributed by atoms with E-state index in [2.05, 4.69) is 5.32 Å². The highest BCUT2D eigenvalue weighted by Crippen LogP contribution is 2.31. The van der Waals surface area contributed by atoms with E-state index in [0.29, 0.717) is 6.42 Å². The Morgan fingerprint density at radius 3 is 2.64 bits per heavy atom. The van der Waals surface area contributed by atoms with Gasteiger partial charge >= 0.3 is 6.18 Å². The first-order chi connectivity index (χ1) is 6.33. The second-order valence-corrected chi connectivity index (χ2v) is 4.00. The van der Waals surface area contributed by atoms with Crippen LogP contribution in [-0.2, 0) is 0 Å². The van der Waals surface area contributed by atoms with E-state index in [9.17, 15) is 18.3 Å². The maximum Gasteiger partial charge on any atom is 0.389 e. The van der Waals surface area contributed by atoms with Gasteiger partial charge in [-0.05, 0) is 32.7 Å². The highest BCUT2D eigenvalue weighted by atomic mass is 19.4. The molecule has 0 amide bonds. The van der Waals surface area contributed by atoms with E-state index >= 15 is 0 Å². The van der Waals surface area contributed by atoms with E-state index in [-0.39, 0.29) is 12.5 Å². The van der Waals surface area contributed by atoms with Crippen LogP contribution in [0.4, 0.5) is 13.2 Å². The lowest BCUT2D eigenvalue weighted by Crippen LogP contribution is -2.53. The summed E-state index contributed by atoms with van der Waals surface area (Å²) in [5, 5.41) is 12.9.